The van der Waals surface area contributed by atoms with Gasteiger partial charge in [0.25, 0.3) is 0 Å². The van der Waals surface area contributed by atoms with E-state index in [1.54, 1.807) is 0 Å². The fraction of sp³-hybridized carbons (Fsp3) is 0.158. The first-order valence-electron chi connectivity index (χ1n) is 21.2. The molecule has 0 aromatic heterocycles. The Hall–Kier alpha value is -7.04. The molecule has 8 aromatic rings. The minimum Gasteiger partial charge on any atom is -0.457 e. The molecular weight excluding hydrogens is 747 g/mol. The van der Waals surface area contributed by atoms with Crippen LogP contribution in [0.2, 0.25) is 0 Å². The van der Waals surface area contributed by atoms with Gasteiger partial charge >= 0.3 is 0 Å². The lowest BCUT2D eigenvalue weighted by molar-refractivity contribution is 0.418. The number of fused-ring (bicyclic) bond motifs is 6. The van der Waals surface area contributed by atoms with Crippen LogP contribution in [-0.2, 0) is 16.2 Å². The highest BCUT2D eigenvalue weighted by atomic mass is 16.5. The lowest BCUT2D eigenvalue weighted by Gasteiger charge is -2.37. The van der Waals surface area contributed by atoms with E-state index in [0.29, 0.717) is 0 Å². The molecule has 0 fully saturated rings. The maximum Gasteiger partial charge on any atom is 0.155 e. The normalized spacial score (nSPS) is 15.5. The van der Waals surface area contributed by atoms with E-state index in [0.717, 1.165) is 79.4 Å². The smallest absolute Gasteiger partial charge is 0.155 e. The molecule has 3 aliphatic rings. The van der Waals surface area contributed by atoms with Gasteiger partial charge < -0.3 is 19.1 Å². The summed E-state index contributed by atoms with van der Waals surface area (Å²) in [4.78, 5) is 2.33. The number of hydrogen-bond donors (Lipinski definition) is 0. The summed E-state index contributed by atoms with van der Waals surface area (Å²) in [6.45, 7) is 13.7. The monoisotopic (exact) mass is 793 g/mol. The molecule has 0 saturated heterocycles. The summed E-state index contributed by atoms with van der Waals surface area (Å²) in [6, 6.07) is 62.7. The van der Waals surface area contributed by atoms with Gasteiger partial charge in [0.05, 0.1) is 5.69 Å². The number of rotatable bonds is 5. The highest BCUT2D eigenvalue weighted by Gasteiger charge is 2.38. The van der Waals surface area contributed by atoms with Gasteiger partial charge in [0.1, 0.15) is 28.7 Å². The van der Waals surface area contributed by atoms with E-state index in [2.05, 4.69) is 210 Å². The predicted molar refractivity (Wildman–Crippen MR) is 248 cm³/mol. The van der Waals surface area contributed by atoms with Crippen molar-refractivity contribution >= 4 is 17.1 Å². The Morgan fingerprint density at radius 1 is 0.311 bits per heavy atom. The molecule has 11 rings (SSSR count). The van der Waals surface area contributed by atoms with Crippen LogP contribution in [0.15, 0.2) is 176 Å². The van der Waals surface area contributed by atoms with Crippen LogP contribution in [0.25, 0.3) is 22.3 Å². The second kappa shape index (κ2) is 13.5. The third kappa shape index (κ3) is 5.80. The third-order valence-electron chi connectivity index (χ3n) is 13.5. The Bertz CT molecular complexity index is 2880. The standard InChI is InChI=1S/C57H47NO3/c1-55(2)44-16-9-12-21-51(44)61-54-45(55)17-13-18-48(54)58(40-28-22-36(23-29-40)38-26-32-52-46(34-38)56(3,4)42-14-7-10-19-49(42)59-52)41-30-24-37(25-31-41)39-27-33-53-47(35-39)57(5,6)43-15-8-11-20-50(43)60-53/h7-35H,1-6H3. The van der Waals surface area contributed by atoms with E-state index in [1.165, 1.54) is 27.8 Å². The van der Waals surface area contributed by atoms with Gasteiger partial charge in [-0.05, 0) is 95.1 Å². The number of para-hydroxylation sites is 4. The second-order valence-corrected chi connectivity index (χ2v) is 18.2. The van der Waals surface area contributed by atoms with Crippen LogP contribution in [0.1, 0.15) is 74.9 Å². The minimum absolute atomic E-state index is 0.198. The van der Waals surface area contributed by atoms with Crippen LogP contribution >= 0.6 is 0 Å². The van der Waals surface area contributed by atoms with Crippen molar-refractivity contribution in [2.45, 2.75) is 57.8 Å². The van der Waals surface area contributed by atoms with Gasteiger partial charge in [0.2, 0.25) is 0 Å². The number of hydrogen-bond acceptors (Lipinski definition) is 4. The van der Waals surface area contributed by atoms with E-state index in [-0.39, 0.29) is 16.2 Å². The average Bonchev–Trinajstić information content (AvgIpc) is 3.27. The van der Waals surface area contributed by atoms with Crippen LogP contribution < -0.4 is 19.1 Å². The Morgan fingerprint density at radius 2 is 0.672 bits per heavy atom. The quantitative estimate of drug-likeness (QED) is 0.174. The van der Waals surface area contributed by atoms with Crippen molar-refractivity contribution in [3.63, 3.8) is 0 Å². The maximum absolute atomic E-state index is 6.88. The van der Waals surface area contributed by atoms with Crippen molar-refractivity contribution in [3.8, 4) is 56.8 Å². The van der Waals surface area contributed by atoms with Crippen LogP contribution in [0.3, 0.4) is 0 Å². The van der Waals surface area contributed by atoms with Gasteiger partial charge in [0.15, 0.2) is 5.75 Å². The SMILES string of the molecule is CC1(C)c2ccccc2Oc2ccc(-c3ccc(N(c4ccc(-c5ccc6c(c5)C(C)(C)c5ccccc5O6)cc4)c4cccc5c4Oc4ccccc4C5(C)C)cc3)cc21. The Balaban J connectivity index is 0.992. The molecule has 0 bridgehead atoms. The molecule has 298 valence electrons. The zero-order valence-electron chi connectivity index (χ0n) is 35.4. The molecule has 0 spiro atoms. The predicted octanol–water partition coefficient (Wildman–Crippen LogP) is 15.8. The highest BCUT2D eigenvalue weighted by molar-refractivity contribution is 5.85. The number of benzene rings is 8. The van der Waals surface area contributed by atoms with Crippen molar-refractivity contribution in [1.29, 1.82) is 0 Å². The van der Waals surface area contributed by atoms with E-state index >= 15 is 0 Å². The fourth-order valence-electron chi connectivity index (χ4n) is 9.91. The second-order valence-electron chi connectivity index (χ2n) is 18.2. The van der Waals surface area contributed by atoms with Crippen molar-refractivity contribution in [1.82, 2.24) is 0 Å². The summed E-state index contributed by atoms with van der Waals surface area (Å²) in [6.07, 6.45) is 0. The summed E-state index contributed by atoms with van der Waals surface area (Å²) in [7, 11) is 0. The van der Waals surface area contributed by atoms with Gasteiger partial charge in [-0.1, -0.05) is 145 Å². The van der Waals surface area contributed by atoms with Gasteiger partial charge in [-0.25, -0.2) is 0 Å². The molecule has 8 aromatic carbocycles. The van der Waals surface area contributed by atoms with Gasteiger partial charge in [-0.3, -0.25) is 0 Å². The third-order valence-corrected chi connectivity index (χ3v) is 13.5. The molecule has 0 aliphatic carbocycles. The van der Waals surface area contributed by atoms with Crippen LogP contribution in [0.4, 0.5) is 17.1 Å². The Morgan fingerprint density at radius 3 is 1.13 bits per heavy atom. The molecule has 3 heterocycles. The van der Waals surface area contributed by atoms with E-state index in [1.807, 2.05) is 12.1 Å². The number of nitrogens with zero attached hydrogens (tertiary/aromatic N) is 1. The van der Waals surface area contributed by atoms with Crippen molar-refractivity contribution in [2.75, 3.05) is 4.90 Å². The van der Waals surface area contributed by atoms with Crippen LogP contribution in [-0.4, -0.2) is 0 Å². The van der Waals surface area contributed by atoms with E-state index < -0.39 is 0 Å². The van der Waals surface area contributed by atoms with Crippen molar-refractivity contribution in [3.05, 3.63) is 209 Å². The Kier molecular flexibility index (Phi) is 8.18. The summed E-state index contributed by atoms with van der Waals surface area (Å²) >= 11 is 0. The highest BCUT2D eigenvalue weighted by Crippen LogP contribution is 2.54. The molecular formula is C57H47NO3. The first-order valence-corrected chi connectivity index (χ1v) is 21.2. The van der Waals surface area contributed by atoms with Crippen molar-refractivity contribution < 1.29 is 14.2 Å². The molecule has 3 aliphatic heterocycles. The largest absolute Gasteiger partial charge is 0.457 e. The first-order chi connectivity index (χ1) is 29.5. The molecule has 0 radical (unpaired) electrons. The molecule has 0 unspecified atom stereocenters. The van der Waals surface area contributed by atoms with E-state index in [9.17, 15) is 0 Å². The average molecular weight is 794 g/mol. The van der Waals surface area contributed by atoms with Gasteiger partial charge in [0, 0.05) is 61.0 Å². The molecule has 0 amide bonds. The van der Waals surface area contributed by atoms with Gasteiger partial charge in [-0.2, -0.15) is 0 Å². The van der Waals surface area contributed by atoms with Gasteiger partial charge in [-0.15, -0.1) is 0 Å². The molecule has 61 heavy (non-hydrogen) atoms. The molecule has 4 nitrogen and oxygen atoms in total. The number of anilines is 3. The fourth-order valence-corrected chi connectivity index (χ4v) is 9.91. The summed E-state index contributed by atoms with van der Waals surface area (Å²) in [5.74, 6) is 5.44. The molecule has 0 saturated carbocycles. The Labute approximate surface area is 358 Å². The lowest BCUT2D eigenvalue weighted by Crippen LogP contribution is -2.25. The lowest BCUT2D eigenvalue weighted by atomic mass is 9.75. The number of ether oxygens (including phenoxy) is 3. The van der Waals surface area contributed by atoms with Crippen molar-refractivity contribution in [2.24, 2.45) is 0 Å². The maximum atomic E-state index is 6.88. The zero-order valence-corrected chi connectivity index (χ0v) is 35.4. The molecule has 4 heteroatoms. The van der Waals surface area contributed by atoms with E-state index in [4.69, 9.17) is 14.2 Å². The first kappa shape index (κ1) is 37.0. The zero-order chi connectivity index (χ0) is 41.7. The molecule has 0 atom stereocenters. The summed E-state index contributed by atoms with van der Waals surface area (Å²) in [5.41, 5.74) is 14.1. The topological polar surface area (TPSA) is 30.9 Å². The minimum atomic E-state index is -0.255. The van der Waals surface area contributed by atoms with Crippen LogP contribution in [0.5, 0.6) is 34.5 Å². The van der Waals surface area contributed by atoms with Crippen LogP contribution in [0, 0.1) is 0 Å². The summed E-state index contributed by atoms with van der Waals surface area (Å²) < 4.78 is 19.7. The molecule has 0 N–H and O–H groups in total. The summed E-state index contributed by atoms with van der Waals surface area (Å²) in [5, 5.41) is 0.